The molecule has 288 valence electrons. The number of carbonyl (C=O) groups excluding carboxylic acids is 2. The van der Waals surface area contributed by atoms with Crippen molar-refractivity contribution in [1.29, 1.82) is 0 Å². The molecule has 15 heteroatoms. The van der Waals surface area contributed by atoms with Gasteiger partial charge in [0.25, 0.3) is 0 Å². The number of amides is 2. The maximum absolute atomic E-state index is 16.4. The number of imidazole rings is 1. The Balaban J connectivity index is 1.51. The topological polar surface area (TPSA) is 116 Å². The van der Waals surface area contributed by atoms with Crippen molar-refractivity contribution in [2.45, 2.75) is 85.6 Å². The quantitative estimate of drug-likeness (QED) is 0.190. The molecule has 7 rings (SSSR count). The Morgan fingerprint density at radius 1 is 0.909 bits per heavy atom. The minimum atomic E-state index is -1.07. The number of benzene rings is 2. The summed E-state index contributed by atoms with van der Waals surface area (Å²) in [4.78, 5) is 37.9. The molecule has 2 amide bonds. The molecule has 6 aromatic rings. The van der Waals surface area contributed by atoms with E-state index in [1.807, 2.05) is 50.6 Å². The fourth-order valence-corrected chi connectivity index (χ4v) is 7.87. The molecular formula is C40H42F3N7O4S. The van der Waals surface area contributed by atoms with Gasteiger partial charge in [-0.05, 0) is 86.6 Å². The van der Waals surface area contributed by atoms with E-state index in [1.54, 1.807) is 57.2 Å². The highest BCUT2D eigenvalue weighted by Crippen LogP contribution is 2.48. The summed E-state index contributed by atoms with van der Waals surface area (Å²) < 4.78 is 63.1. The van der Waals surface area contributed by atoms with Crippen LogP contribution in [0, 0.1) is 24.4 Å². The van der Waals surface area contributed by atoms with E-state index in [2.05, 4.69) is 10.3 Å². The van der Waals surface area contributed by atoms with Crippen molar-refractivity contribution >= 4 is 50.3 Å². The van der Waals surface area contributed by atoms with Gasteiger partial charge in [-0.1, -0.05) is 6.07 Å². The molecule has 0 saturated heterocycles. The molecule has 1 aliphatic rings. The number of halogens is 3. The SMILES string of the molecule is Cc1nc2cc(-c3nc(-c4cc5n(n4)[C@@H](C)CN(C(=O)OC(C)(C)C)[C@@H]5C)c(-c4c(F)cc(F)cc4NC(=O)OC(C)(C)C)c4c(F)csc34)ccc2n1C. The number of aromatic nitrogens is 5. The molecule has 1 aliphatic heterocycles. The normalized spacial score (nSPS) is 16.1. The average Bonchev–Trinajstić information content (AvgIpc) is 3.76. The van der Waals surface area contributed by atoms with Gasteiger partial charge in [0.15, 0.2) is 0 Å². The predicted octanol–water partition coefficient (Wildman–Crippen LogP) is 10.3. The molecule has 5 heterocycles. The fraction of sp³-hybridized carbons (Fsp3) is 0.375. The number of pyridine rings is 1. The second-order valence-electron chi connectivity index (χ2n) is 15.9. The molecule has 0 radical (unpaired) electrons. The molecule has 4 aromatic heterocycles. The Morgan fingerprint density at radius 3 is 2.31 bits per heavy atom. The van der Waals surface area contributed by atoms with Gasteiger partial charge in [0.1, 0.15) is 45.9 Å². The van der Waals surface area contributed by atoms with Crippen molar-refractivity contribution in [1.82, 2.24) is 29.2 Å². The molecule has 0 saturated carbocycles. The van der Waals surface area contributed by atoms with Crippen LogP contribution in [-0.4, -0.2) is 59.1 Å². The summed E-state index contributed by atoms with van der Waals surface area (Å²) in [6.45, 7) is 16.3. The number of aryl methyl sites for hydroxylation is 2. The van der Waals surface area contributed by atoms with Crippen LogP contribution in [0.4, 0.5) is 28.4 Å². The van der Waals surface area contributed by atoms with Crippen molar-refractivity contribution in [3.8, 4) is 33.8 Å². The van der Waals surface area contributed by atoms with Crippen LogP contribution in [0.3, 0.4) is 0 Å². The number of hydrogen-bond donors (Lipinski definition) is 1. The molecule has 0 spiro atoms. The van der Waals surface area contributed by atoms with Gasteiger partial charge in [-0.15, -0.1) is 11.3 Å². The molecule has 0 bridgehead atoms. The molecule has 0 aliphatic carbocycles. The first-order valence-electron chi connectivity index (χ1n) is 17.8. The van der Waals surface area contributed by atoms with E-state index < -0.39 is 46.9 Å². The first kappa shape index (κ1) is 37.9. The van der Waals surface area contributed by atoms with Gasteiger partial charge in [-0.2, -0.15) is 5.10 Å². The Bertz CT molecular complexity index is 2530. The van der Waals surface area contributed by atoms with Gasteiger partial charge in [0.05, 0.1) is 44.9 Å². The second kappa shape index (κ2) is 13.4. The first-order valence-corrected chi connectivity index (χ1v) is 18.7. The summed E-state index contributed by atoms with van der Waals surface area (Å²) in [6, 6.07) is 8.16. The smallest absolute Gasteiger partial charge is 0.412 e. The third kappa shape index (κ3) is 7.01. The number of carbonyl (C=O) groups is 2. The van der Waals surface area contributed by atoms with Crippen molar-refractivity contribution < 1.29 is 32.2 Å². The van der Waals surface area contributed by atoms with Crippen LogP contribution < -0.4 is 5.32 Å². The number of anilines is 1. The molecular weight excluding hydrogens is 732 g/mol. The van der Waals surface area contributed by atoms with Gasteiger partial charge < -0.3 is 14.0 Å². The highest BCUT2D eigenvalue weighted by molar-refractivity contribution is 7.17. The minimum Gasteiger partial charge on any atom is -0.444 e. The summed E-state index contributed by atoms with van der Waals surface area (Å²) in [5.74, 6) is -1.92. The highest BCUT2D eigenvalue weighted by atomic mass is 32.1. The van der Waals surface area contributed by atoms with E-state index >= 15 is 8.78 Å². The summed E-state index contributed by atoms with van der Waals surface area (Å²) in [6.07, 6.45) is -1.46. The lowest BCUT2D eigenvalue weighted by Gasteiger charge is -2.38. The maximum atomic E-state index is 16.4. The number of rotatable bonds is 4. The van der Waals surface area contributed by atoms with Crippen molar-refractivity contribution in [2.75, 3.05) is 11.9 Å². The van der Waals surface area contributed by atoms with Gasteiger partial charge in [0, 0.05) is 47.1 Å². The average molecular weight is 774 g/mol. The zero-order valence-electron chi connectivity index (χ0n) is 32.3. The van der Waals surface area contributed by atoms with Crippen molar-refractivity contribution in [3.05, 3.63) is 70.7 Å². The number of hydrogen-bond acceptors (Lipinski definition) is 8. The largest absolute Gasteiger partial charge is 0.444 e. The monoisotopic (exact) mass is 773 g/mol. The van der Waals surface area contributed by atoms with E-state index in [0.29, 0.717) is 33.2 Å². The highest BCUT2D eigenvalue weighted by Gasteiger charge is 2.37. The fourth-order valence-electron chi connectivity index (χ4n) is 6.94. The summed E-state index contributed by atoms with van der Waals surface area (Å²) in [7, 11) is 1.91. The van der Waals surface area contributed by atoms with Crippen LogP contribution >= 0.6 is 11.3 Å². The molecule has 55 heavy (non-hydrogen) atoms. The van der Waals surface area contributed by atoms with Gasteiger partial charge in [-0.25, -0.2) is 32.7 Å². The van der Waals surface area contributed by atoms with E-state index in [4.69, 9.17) is 19.6 Å². The maximum Gasteiger partial charge on any atom is 0.412 e. The number of nitrogens with zero attached hydrogens (tertiary/aromatic N) is 6. The van der Waals surface area contributed by atoms with Crippen LogP contribution in [0.1, 0.15) is 79.0 Å². The lowest BCUT2D eigenvalue weighted by Crippen LogP contribution is -2.45. The Morgan fingerprint density at radius 2 is 1.62 bits per heavy atom. The molecule has 0 unspecified atom stereocenters. The first-order chi connectivity index (χ1) is 25.7. The third-order valence-corrected chi connectivity index (χ3v) is 10.4. The molecule has 11 nitrogen and oxygen atoms in total. The van der Waals surface area contributed by atoms with Crippen LogP contribution in [0.5, 0.6) is 0 Å². The zero-order chi connectivity index (χ0) is 39.9. The van der Waals surface area contributed by atoms with Crippen LogP contribution in [-0.2, 0) is 16.5 Å². The number of nitrogens with one attached hydrogen (secondary N) is 1. The summed E-state index contributed by atoms with van der Waals surface area (Å²) in [5, 5.41) is 8.74. The van der Waals surface area contributed by atoms with Crippen LogP contribution in [0.15, 0.2) is 41.8 Å². The molecule has 0 fully saturated rings. The van der Waals surface area contributed by atoms with E-state index in [0.717, 1.165) is 28.7 Å². The van der Waals surface area contributed by atoms with Crippen molar-refractivity contribution in [2.24, 2.45) is 7.05 Å². The Kier molecular flexibility index (Phi) is 9.22. The molecule has 2 atom stereocenters. The molecule has 2 aromatic carbocycles. The summed E-state index contributed by atoms with van der Waals surface area (Å²) >= 11 is 1.08. The summed E-state index contributed by atoms with van der Waals surface area (Å²) in [5.41, 5.74) is 1.25. The van der Waals surface area contributed by atoms with Gasteiger partial charge >= 0.3 is 12.2 Å². The lowest BCUT2D eigenvalue weighted by molar-refractivity contribution is 0.00863. The predicted molar refractivity (Wildman–Crippen MR) is 207 cm³/mol. The Hall–Kier alpha value is -5.44. The third-order valence-electron chi connectivity index (χ3n) is 9.40. The second-order valence-corrected chi connectivity index (χ2v) is 16.8. The minimum absolute atomic E-state index is 0.00231. The van der Waals surface area contributed by atoms with Crippen LogP contribution in [0.25, 0.3) is 54.9 Å². The standard InChI is InChI=1S/C40H42F3N7O4S/c1-19-17-49(38(52)54-40(7,8)9)20(2)30-16-28(47-50(19)30)35-33(31-24(42)14-23(41)15-27(31)45-37(51)53-39(4,5)6)32-25(43)18-55-36(32)34(46-35)22-11-12-29-26(13-22)44-21(3)48(29)10/h11-16,18-20H,17H2,1-10H3,(H,45,51)/t19-,20+/m0/s1. The lowest BCUT2D eigenvalue weighted by atomic mass is 9.94. The van der Waals surface area contributed by atoms with Gasteiger partial charge in [-0.3, -0.25) is 14.9 Å². The molecule has 1 N–H and O–H groups in total. The van der Waals surface area contributed by atoms with E-state index in [-0.39, 0.29) is 46.2 Å². The number of thiophene rings is 1. The van der Waals surface area contributed by atoms with Gasteiger partial charge in [0.2, 0.25) is 0 Å². The van der Waals surface area contributed by atoms with Crippen molar-refractivity contribution in [3.63, 3.8) is 0 Å². The van der Waals surface area contributed by atoms with E-state index in [1.165, 1.54) is 5.38 Å². The van der Waals surface area contributed by atoms with Crippen LogP contribution in [0.2, 0.25) is 0 Å². The Labute approximate surface area is 320 Å². The number of ether oxygens (including phenoxy) is 2. The zero-order valence-corrected chi connectivity index (χ0v) is 33.1. The number of fused-ring (bicyclic) bond motifs is 3. The van der Waals surface area contributed by atoms with E-state index in [9.17, 15) is 14.0 Å².